The average Bonchev–Trinajstić information content (AvgIpc) is 2.45. The minimum absolute atomic E-state index is 0.0886. The minimum atomic E-state index is -3.47. The number of rotatable bonds is 8. The molecule has 6 nitrogen and oxygen atoms in total. The summed E-state index contributed by atoms with van der Waals surface area (Å²) in [5.74, 6) is 0.316. The van der Waals surface area contributed by atoms with E-state index in [0.717, 1.165) is 17.1 Å². The summed E-state index contributed by atoms with van der Waals surface area (Å²) in [5.41, 5.74) is 0.669. The van der Waals surface area contributed by atoms with Gasteiger partial charge in [-0.3, -0.25) is 4.79 Å². The molecule has 0 saturated heterocycles. The summed E-state index contributed by atoms with van der Waals surface area (Å²) in [5, 5.41) is 2.85. The third-order valence-corrected chi connectivity index (χ3v) is 5.22. The number of ether oxygens (including phenoxy) is 1. The first kappa shape index (κ1) is 19.4. The van der Waals surface area contributed by atoms with Crippen molar-refractivity contribution in [3.8, 4) is 5.75 Å². The van der Waals surface area contributed by atoms with Crippen LogP contribution in [-0.4, -0.2) is 45.4 Å². The van der Waals surface area contributed by atoms with Crippen molar-refractivity contribution in [2.24, 2.45) is 0 Å². The van der Waals surface area contributed by atoms with Gasteiger partial charge in [0.25, 0.3) is 5.91 Å². The Balaban J connectivity index is 2.72. The van der Waals surface area contributed by atoms with Gasteiger partial charge in [-0.1, -0.05) is 13.3 Å². The molecule has 0 saturated carbocycles. The Morgan fingerprint density at radius 2 is 2.00 bits per heavy atom. The maximum atomic E-state index is 12.1. The third kappa shape index (κ3) is 5.51. The molecule has 0 fully saturated rings. The number of carbonyl (C=O) groups excluding carboxylic acids is 1. The molecule has 0 aromatic heterocycles. The fourth-order valence-electron chi connectivity index (χ4n) is 2.12. The molecule has 0 aliphatic heterocycles. The Labute approximate surface area is 138 Å². The van der Waals surface area contributed by atoms with Crippen molar-refractivity contribution in [3.63, 3.8) is 0 Å². The fraction of sp³-hybridized carbons (Fsp3) is 0.562. The molecule has 130 valence electrons. The zero-order valence-electron chi connectivity index (χ0n) is 14.4. The predicted octanol–water partition coefficient (Wildman–Crippen LogP) is 1.93. The molecule has 0 radical (unpaired) electrons. The number of nitrogens with zero attached hydrogens (tertiary/aromatic N) is 1. The van der Waals surface area contributed by atoms with Crippen LogP contribution >= 0.6 is 0 Å². The van der Waals surface area contributed by atoms with Gasteiger partial charge >= 0.3 is 0 Å². The van der Waals surface area contributed by atoms with Crippen LogP contribution in [-0.2, 0) is 14.8 Å². The molecule has 0 spiro atoms. The van der Waals surface area contributed by atoms with Gasteiger partial charge in [0.15, 0.2) is 6.61 Å². The quantitative estimate of drug-likeness (QED) is 0.783. The van der Waals surface area contributed by atoms with Crippen molar-refractivity contribution in [2.75, 3.05) is 20.7 Å². The van der Waals surface area contributed by atoms with Gasteiger partial charge in [-0.2, -0.15) is 0 Å². The molecule has 1 aromatic carbocycles. The van der Waals surface area contributed by atoms with Crippen molar-refractivity contribution in [2.45, 2.75) is 44.6 Å². The second-order valence-corrected chi connectivity index (χ2v) is 7.91. The van der Waals surface area contributed by atoms with Gasteiger partial charge in [0.05, 0.1) is 4.90 Å². The van der Waals surface area contributed by atoms with E-state index in [9.17, 15) is 13.2 Å². The summed E-state index contributed by atoms with van der Waals surface area (Å²) in [6.45, 7) is 5.68. The van der Waals surface area contributed by atoms with Gasteiger partial charge < -0.3 is 10.1 Å². The average molecular weight is 342 g/mol. The number of benzene rings is 1. The molecule has 1 atom stereocenters. The number of hydrogen-bond donors (Lipinski definition) is 1. The second kappa shape index (κ2) is 8.31. The minimum Gasteiger partial charge on any atom is -0.484 e. The highest BCUT2D eigenvalue weighted by molar-refractivity contribution is 7.89. The van der Waals surface area contributed by atoms with Crippen LogP contribution in [0.1, 0.15) is 32.3 Å². The highest BCUT2D eigenvalue weighted by Gasteiger charge is 2.18. The Bertz CT molecular complexity index is 641. The van der Waals surface area contributed by atoms with E-state index in [4.69, 9.17) is 4.74 Å². The highest BCUT2D eigenvalue weighted by Crippen LogP contribution is 2.23. The predicted molar refractivity (Wildman–Crippen MR) is 90.1 cm³/mol. The first-order valence-corrected chi connectivity index (χ1v) is 9.07. The Morgan fingerprint density at radius 3 is 2.52 bits per heavy atom. The summed E-state index contributed by atoms with van der Waals surface area (Å²) in [6, 6.07) is 4.72. The van der Waals surface area contributed by atoms with E-state index in [2.05, 4.69) is 12.2 Å². The molecule has 1 amide bonds. The van der Waals surface area contributed by atoms with Crippen molar-refractivity contribution in [3.05, 3.63) is 23.8 Å². The molecule has 0 bridgehead atoms. The van der Waals surface area contributed by atoms with E-state index in [1.807, 2.05) is 6.92 Å². The van der Waals surface area contributed by atoms with Gasteiger partial charge in [0.2, 0.25) is 10.0 Å². The van der Waals surface area contributed by atoms with E-state index in [1.165, 1.54) is 20.2 Å². The maximum Gasteiger partial charge on any atom is 0.258 e. The van der Waals surface area contributed by atoms with Crippen molar-refractivity contribution in [1.82, 2.24) is 9.62 Å². The monoisotopic (exact) mass is 342 g/mol. The van der Waals surface area contributed by atoms with Crippen LogP contribution in [0.15, 0.2) is 23.1 Å². The van der Waals surface area contributed by atoms with Crippen molar-refractivity contribution >= 4 is 15.9 Å². The fourth-order valence-corrected chi connectivity index (χ4v) is 3.11. The van der Waals surface area contributed by atoms with Crippen LogP contribution < -0.4 is 10.1 Å². The molecule has 0 aliphatic rings. The molecule has 0 unspecified atom stereocenters. The Hall–Kier alpha value is -1.60. The summed E-state index contributed by atoms with van der Waals surface area (Å²) in [4.78, 5) is 12.0. The molecule has 1 rings (SSSR count). The summed E-state index contributed by atoms with van der Waals surface area (Å²) in [7, 11) is -0.505. The van der Waals surface area contributed by atoms with Crippen LogP contribution in [0.5, 0.6) is 5.75 Å². The van der Waals surface area contributed by atoms with E-state index in [-0.39, 0.29) is 23.5 Å². The molecular formula is C16H26N2O4S. The molecule has 1 aromatic rings. The van der Waals surface area contributed by atoms with Crippen LogP contribution in [0, 0.1) is 6.92 Å². The third-order valence-electron chi connectivity index (χ3n) is 3.41. The van der Waals surface area contributed by atoms with Crippen molar-refractivity contribution < 1.29 is 17.9 Å². The zero-order valence-corrected chi connectivity index (χ0v) is 15.2. The number of carbonyl (C=O) groups is 1. The summed E-state index contributed by atoms with van der Waals surface area (Å²) >= 11 is 0. The van der Waals surface area contributed by atoms with E-state index in [1.54, 1.807) is 19.1 Å². The van der Waals surface area contributed by atoms with Crippen LogP contribution in [0.3, 0.4) is 0 Å². The topological polar surface area (TPSA) is 75.7 Å². The van der Waals surface area contributed by atoms with Crippen LogP contribution in [0.25, 0.3) is 0 Å². The lowest BCUT2D eigenvalue weighted by atomic mass is 10.2. The van der Waals surface area contributed by atoms with Gasteiger partial charge in [-0.25, -0.2) is 12.7 Å². The lowest BCUT2D eigenvalue weighted by Crippen LogP contribution is -2.36. The molecular weight excluding hydrogens is 316 g/mol. The number of aryl methyl sites for hydroxylation is 1. The van der Waals surface area contributed by atoms with Gasteiger partial charge in [0.1, 0.15) is 5.75 Å². The first-order chi connectivity index (χ1) is 10.7. The molecule has 23 heavy (non-hydrogen) atoms. The molecule has 7 heteroatoms. The number of amides is 1. The lowest BCUT2D eigenvalue weighted by Gasteiger charge is -2.15. The largest absolute Gasteiger partial charge is 0.484 e. The van der Waals surface area contributed by atoms with E-state index < -0.39 is 10.0 Å². The Morgan fingerprint density at radius 1 is 1.35 bits per heavy atom. The number of sulfonamides is 1. The second-order valence-electron chi connectivity index (χ2n) is 5.76. The smallest absolute Gasteiger partial charge is 0.258 e. The lowest BCUT2D eigenvalue weighted by molar-refractivity contribution is -0.123. The summed E-state index contributed by atoms with van der Waals surface area (Å²) in [6.07, 6.45) is 1.92. The van der Waals surface area contributed by atoms with Gasteiger partial charge in [0, 0.05) is 20.1 Å². The number of hydrogen-bond acceptors (Lipinski definition) is 4. The van der Waals surface area contributed by atoms with Crippen molar-refractivity contribution in [1.29, 1.82) is 0 Å². The Kier molecular flexibility index (Phi) is 7.02. The zero-order chi connectivity index (χ0) is 17.6. The highest BCUT2D eigenvalue weighted by atomic mass is 32.2. The van der Waals surface area contributed by atoms with E-state index in [0.29, 0.717) is 11.3 Å². The molecule has 1 N–H and O–H groups in total. The standard InChI is InChI=1S/C16H26N2O4S/c1-6-7-13(3)17-16(19)11-22-15-9-8-14(10-12(15)2)23(20,21)18(4)5/h8-10,13H,6-7,11H2,1-5H3,(H,17,19)/t13-/m1/s1. The first-order valence-electron chi connectivity index (χ1n) is 7.63. The normalized spacial score (nSPS) is 13.0. The summed E-state index contributed by atoms with van der Waals surface area (Å²) < 4.78 is 30.8. The van der Waals surface area contributed by atoms with Crippen LogP contribution in [0.2, 0.25) is 0 Å². The van der Waals surface area contributed by atoms with Gasteiger partial charge in [-0.15, -0.1) is 0 Å². The SMILES string of the molecule is CCC[C@@H](C)NC(=O)COc1ccc(S(=O)(=O)N(C)C)cc1C. The number of nitrogens with one attached hydrogen (secondary N) is 1. The molecule has 0 heterocycles. The van der Waals surface area contributed by atoms with E-state index >= 15 is 0 Å². The molecule has 0 aliphatic carbocycles. The van der Waals surface area contributed by atoms with Gasteiger partial charge in [-0.05, 0) is 44.0 Å². The maximum absolute atomic E-state index is 12.1. The van der Waals surface area contributed by atoms with Crippen LogP contribution in [0.4, 0.5) is 0 Å².